The average molecular weight is 459 g/mol. The maximum atomic E-state index is 12.5. The molecule has 0 unspecified atom stereocenters. The number of nitrogens with one attached hydrogen (secondary N) is 2. The van der Waals surface area contributed by atoms with Gasteiger partial charge in [-0.15, -0.1) is 11.3 Å². The van der Waals surface area contributed by atoms with E-state index >= 15 is 0 Å². The summed E-state index contributed by atoms with van der Waals surface area (Å²) in [6.07, 6.45) is 3.55. The van der Waals surface area contributed by atoms with Crippen LogP contribution in [0.3, 0.4) is 0 Å². The molecule has 2 N–H and O–H groups in total. The van der Waals surface area contributed by atoms with Gasteiger partial charge >= 0.3 is 0 Å². The van der Waals surface area contributed by atoms with Crippen LogP contribution in [0.2, 0.25) is 10.0 Å². The molecule has 0 fully saturated rings. The smallest absolute Gasteiger partial charge is 0.274 e. The minimum Gasteiger partial charge on any atom is -0.345 e. The molecule has 148 valence electrons. The molecule has 0 saturated heterocycles. The van der Waals surface area contributed by atoms with Gasteiger partial charge in [-0.25, -0.2) is 18.1 Å². The molecule has 28 heavy (non-hydrogen) atoms. The van der Waals surface area contributed by atoms with E-state index in [-0.39, 0.29) is 10.6 Å². The minimum absolute atomic E-state index is 0.0121. The zero-order valence-electron chi connectivity index (χ0n) is 14.9. The number of nitrogens with zero attached hydrogens (tertiary/aromatic N) is 2. The van der Waals surface area contributed by atoms with Gasteiger partial charge in [-0.1, -0.05) is 35.3 Å². The van der Waals surface area contributed by atoms with Gasteiger partial charge in [0.2, 0.25) is 10.0 Å². The van der Waals surface area contributed by atoms with E-state index in [1.165, 1.54) is 35.2 Å². The third kappa shape index (κ3) is 4.39. The van der Waals surface area contributed by atoms with Crippen molar-refractivity contribution in [1.29, 1.82) is 0 Å². The van der Waals surface area contributed by atoms with Crippen LogP contribution in [0.25, 0.3) is 0 Å². The first-order valence-corrected chi connectivity index (χ1v) is 11.1. The number of sulfonamides is 1. The molecule has 2 heterocycles. The van der Waals surface area contributed by atoms with Crippen LogP contribution >= 0.6 is 34.5 Å². The van der Waals surface area contributed by atoms with E-state index in [2.05, 4.69) is 15.0 Å². The van der Waals surface area contributed by atoms with Gasteiger partial charge in [0.15, 0.2) is 5.13 Å². The predicted octanol–water partition coefficient (Wildman–Crippen LogP) is 3.54. The molecule has 0 saturated carbocycles. The maximum absolute atomic E-state index is 12.5. The van der Waals surface area contributed by atoms with Crippen LogP contribution in [0, 0.1) is 0 Å². The van der Waals surface area contributed by atoms with Crippen LogP contribution < -0.4 is 10.0 Å². The number of halogens is 2. The van der Waals surface area contributed by atoms with Crippen LogP contribution in [0.1, 0.15) is 20.9 Å². The van der Waals surface area contributed by atoms with E-state index in [1.807, 2.05) is 12.1 Å². The summed E-state index contributed by atoms with van der Waals surface area (Å²) in [5.41, 5.74) is 1.06. The molecule has 0 spiro atoms. The van der Waals surface area contributed by atoms with Crippen LogP contribution in [0.4, 0.5) is 5.13 Å². The molecule has 0 radical (unpaired) electrons. The Labute approximate surface area is 176 Å². The van der Waals surface area contributed by atoms with Crippen LogP contribution in [0.15, 0.2) is 41.6 Å². The van der Waals surface area contributed by atoms with Crippen molar-refractivity contribution < 1.29 is 13.2 Å². The quantitative estimate of drug-likeness (QED) is 0.590. The molecule has 1 amide bonds. The Morgan fingerprint density at radius 2 is 2.07 bits per heavy atom. The summed E-state index contributed by atoms with van der Waals surface area (Å²) in [6, 6.07) is 6.72. The topological polar surface area (TPSA) is 93.1 Å². The van der Waals surface area contributed by atoms with Gasteiger partial charge in [-0.05, 0) is 24.7 Å². The lowest BCUT2D eigenvalue weighted by molar-refractivity contribution is 0.101. The van der Waals surface area contributed by atoms with Crippen LogP contribution in [-0.2, 0) is 23.5 Å². The van der Waals surface area contributed by atoms with Crippen molar-refractivity contribution in [2.75, 3.05) is 12.4 Å². The Balaban J connectivity index is 1.75. The highest BCUT2D eigenvalue weighted by atomic mass is 35.5. The van der Waals surface area contributed by atoms with Crippen LogP contribution in [0.5, 0.6) is 0 Å². The summed E-state index contributed by atoms with van der Waals surface area (Å²) in [6.45, 7) is 0. The van der Waals surface area contributed by atoms with E-state index < -0.39 is 15.9 Å². The molecule has 0 aliphatic rings. The molecule has 0 atom stereocenters. The third-order valence-corrected chi connectivity index (χ3v) is 7.11. The summed E-state index contributed by atoms with van der Waals surface area (Å²) in [5, 5.41) is 4.06. The molecule has 1 aromatic carbocycles. The summed E-state index contributed by atoms with van der Waals surface area (Å²) in [5.74, 6) is -0.457. The first kappa shape index (κ1) is 20.8. The molecule has 0 bridgehead atoms. The number of carbonyl (C=O) groups excluding carboxylic acids is 1. The van der Waals surface area contributed by atoms with Crippen molar-refractivity contribution in [1.82, 2.24) is 14.3 Å². The number of rotatable bonds is 6. The van der Waals surface area contributed by atoms with Gasteiger partial charge in [0, 0.05) is 30.7 Å². The highest BCUT2D eigenvalue weighted by Gasteiger charge is 2.20. The number of thiazole rings is 1. The first-order valence-electron chi connectivity index (χ1n) is 8.00. The second-order valence-corrected chi connectivity index (χ2v) is 9.64. The highest BCUT2D eigenvalue weighted by Crippen LogP contribution is 2.29. The monoisotopic (exact) mass is 458 g/mol. The molecule has 11 heteroatoms. The number of aryl methyl sites for hydroxylation is 1. The molecule has 3 rings (SSSR count). The molecule has 0 aliphatic heterocycles. The molecule has 2 aromatic heterocycles. The van der Waals surface area contributed by atoms with E-state index in [0.29, 0.717) is 21.6 Å². The average Bonchev–Trinajstić information content (AvgIpc) is 3.25. The van der Waals surface area contributed by atoms with E-state index in [1.54, 1.807) is 19.3 Å². The number of hydrogen-bond acceptors (Lipinski definition) is 5. The second-order valence-electron chi connectivity index (χ2n) is 5.86. The van der Waals surface area contributed by atoms with E-state index in [4.69, 9.17) is 23.2 Å². The number of benzene rings is 1. The fourth-order valence-electron chi connectivity index (χ4n) is 2.51. The Bertz CT molecular complexity index is 1140. The Morgan fingerprint density at radius 3 is 2.79 bits per heavy atom. The third-order valence-electron chi connectivity index (χ3n) is 3.96. The number of amides is 1. The number of hydrogen-bond donors (Lipinski definition) is 2. The summed E-state index contributed by atoms with van der Waals surface area (Å²) in [4.78, 5) is 17.6. The Morgan fingerprint density at radius 1 is 1.32 bits per heavy atom. The Kier molecular flexibility index (Phi) is 6.11. The number of anilines is 1. The van der Waals surface area contributed by atoms with Gasteiger partial charge in [-0.3, -0.25) is 10.1 Å². The van der Waals surface area contributed by atoms with Crippen molar-refractivity contribution in [3.05, 3.63) is 62.8 Å². The van der Waals surface area contributed by atoms with E-state index in [9.17, 15) is 13.2 Å². The fourth-order valence-corrected chi connectivity index (χ4v) is 4.52. The van der Waals surface area contributed by atoms with Crippen LogP contribution in [-0.4, -0.2) is 30.9 Å². The van der Waals surface area contributed by atoms with Crippen molar-refractivity contribution in [2.45, 2.75) is 11.3 Å². The number of carbonyl (C=O) groups is 1. The Hall–Kier alpha value is -1.91. The summed E-state index contributed by atoms with van der Waals surface area (Å²) >= 11 is 13.5. The van der Waals surface area contributed by atoms with Gasteiger partial charge in [0.05, 0.1) is 10.0 Å². The normalized spacial score (nSPS) is 11.6. The molecule has 0 aliphatic carbocycles. The highest BCUT2D eigenvalue weighted by molar-refractivity contribution is 7.89. The summed E-state index contributed by atoms with van der Waals surface area (Å²) in [7, 11) is -0.725. The summed E-state index contributed by atoms with van der Waals surface area (Å²) < 4.78 is 27.4. The predicted molar refractivity (Wildman–Crippen MR) is 111 cm³/mol. The van der Waals surface area contributed by atoms with E-state index in [0.717, 1.165) is 10.4 Å². The first-order chi connectivity index (χ1) is 13.2. The lowest BCUT2D eigenvalue weighted by atomic mass is 10.1. The van der Waals surface area contributed by atoms with Crippen molar-refractivity contribution >= 4 is 55.6 Å². The fraction of sp³-hybridized carbons (Fsp3) is 0.176. The molecular weight excluding hydrogens is 443 g/mol. The van der Waals surface area contributed by atoms with Gasteiger partial charge < -0.3 is 4.57 Å². The van der Waals surface area contributed by atoms with Crippen molar-refractivity contribution in [3.8, 4) is 0 Å². The van der Waals surface area contributed by atoms with Crippen molar-refractivity contribution in [3.63, 3.8) is 0 Å². The molecule has 7 nitrogen and oxygen atoms in total. The maximum Gasteiger partial charge on any atom is 0.274 e. The zero-order chi connectivity index (χ0) is 20.5. The zero-order valence-corrected chi connectivity index (χ0v) is 18.0. The molecule has 3 aromatic rings. The minimum atomic E-state index is -3.63. The molecular formula is C17H16Cl2N4O3S2. The standard InChI is InChI=1S/C17H16Cl2N4O3S2/c1-20-28(25,26)12-7-14(23(2)9-12)16(24)22-17-21-8-11(27-17)6-10-4-3-5-13(18)15(10)19/h3-5,7-9,20H,6H2,1-2H3,(H,21,22,24). The van der Waals surface area contributed by atoms with Crippen molar-refractivity contribution in [2.24, 2.45) is 7.05 Å². The van der Waals surface area contributed by atoms with Gasteiger partial charge in [-0.2, -0.15) is 0 Å². The van der Waals surface area contributed by atoms with Gasteiger partial charge in [0.1, 0.15) is 10.6 Å². The second kappa shape index (κ2) is 8.22. The largest absolute Gasteiger partial charge is 0.345 e. The van der Waals surface area contributed by atoms with Gasteiger partial charge in [0.25, 0.3) is 5.91 Å². The lowest BCUT2D eigenvalue weighted by Gasteiger charge is -2.04. The number of aromatic nitrogens is 2. The lowest BCUT2D eigenvalue weighted by Crippen LogP contribution is -2.18. The SMILES string of the molecule is CNS(=O)(=O)c1cc(C(=O)Nc2ncc(Cc3cccc(Cl)c3Cl)s2)n(C)c1.